The minimum Gasteiger partial charge on any atom is -0.358 e. The molecule has 11 heteroatoms. The third-order valence-corrected chi connectivity index (χ3v) is 5.48. The van der Waals surface area contributed by atoms with Gasteiger partial charge in [0.25, 0.3) is 5.56 Å². The zero-order valence-corrected chi connectivity index (χ0v) is 18.1. The third kappa shape index (κ3) is 3.54. The minimum absolute atomic E-state index is 0.303. The van der Waals surface area contributed by atoms with Gasteiger partial charge in [-0.1, -0.05) is 24.6 Å². The Bertz CT molecular complexity index is 1590. The zero-order chi connectivity index (χ0) is 22.9. The summed E-state index contributed by atoms with van der Waals surface area (Å²) in [5.74, 6) is 0.865. The van der Waals surface area contributed by atoms with Gasteiger partial charge in [0.1, 0.15) is 28.9 Å². The highest BCUT2D eigenvalue weighted by atomic mass is 35.5. The van der Waals surface area contributed by atoms with E-state index in [1.807, 2.05) is 6.92 Å². The summed E-state index contributed by atoms with van der Waals surface area (Å²) in [5, 5.41) is 20.3. The number of H-pyrrole nitrogens is 1. The summed E-state index contributed by atoms with van der Waals surface area (Å²) in [7, 11) is 0. The second-order valence-electron chi connectivity index (χ2n) is 7.21. The number of aromatic nitrogens is 7. The maximum atomic E-state index is 13.5. The standard InChI is InChI=1S/C22H16ClN9O/c1-2-15(29-20-19-16(25-11-26-20)6-7-17(23)30-19)21-31-18-12(8-24)4-3-5-14(18)22(33)32(21)13-9-27-28-10-13/h3-7,9-11,15H,2H2,1H3,(H,27,28)(H,25,26,29)/t15-/m0/s1. The molecule has 33 heavy (non-hydrogen) atoms. The van der Waals surface area contributed by atoms with Crippen LogP contribution >= 0.6 is 11.6 Å². The highest BCUT2D eigenvalue weighted by Gasteiger charge is 2.23. The van der Waals surface area contributed by atoms with Gasteiger partial charge in [0.2, 0.25) is 0 Å². The Morgan fingerprint density at radius 1 is 1.21 bits per heavy atom. The molecule has 5 rings (SSSR count). The van der Waals surface area contributed by atoms with E-state index in [1.165, 1.54) is 10.9 Å². The van der Waals surface area contributed by atoms with Crippen molar-refractivity contribution in [3.63, 3.8) is 0 Å². The van der Waals surface area contributed by atoms with Crippen LogP contribution in [0, 0.1) is 11.3 Å². The van der Waals surface area contributed by atoms with Gasteiger partial charge < -0.3 is 5.32 Å². The van der Waals surface area contributed by atoms with Crippen LogP contribution in [-0.4, -0.2) is 34.7 Å². The molecule has 0 aliphatic rings. The minimum atomic E-state index is -0.456. The van der Waals surface area contributed by atoms with E-state index in [4.69, 9.17) is 16.6 Å². The van der Waals surface area contributed by atoms with Crippen molar-refractivity contribution in [2.24, 2.45) is 0 Å². The maximum absolute atomic E-state index is 13.5. The summed E-state index contributed by atoms with van der Waals surface area (Å²) in [6.07, 6.45) is 5.13. The molecule has 0 bridgehead atoms. The molecule has 0 saturated heterocycles. The van der Waals surface area contributed by atoms with Gasteiger partial charge in [-0.2, -0.15) is 10.4 Å². The van der Waals surface area contributed by atoms with Gasteiger partial charge in [-0.3, -0.25) is 14.5 Å². The molecule has 0 spiro atoms. The lowest BCUT2D eigenvalue weighted by Gasteiger charge is -2.22. The van der Waals surface area contributed by atoms with Crippen LogP contribution in [0.2, 0.25) is 5.15 Å². The van der Waals surface area contributed by atoms with Crippen molar-refractivity contribution < 1.29 is 0 Å². The molecule has 4 aromatic heterocycles. The van der Waals surface area contributed by atoms with Gasteiger partial charge in [0.05, 0.1) is 39.9 Å². The van der Waals surface area contributed by atoms with Crippen LogP contribution in [0.15, 0.2) is 53.8 Å². The van der Waals surface area contributed by atoms with Gasteiger partial charge in [-0.15, -0.1) is 0 Å². The maximum Gasteiger partial charge on any atom is 0.266 e. The first kappa shape index (κ1) is 20.5. The van der Waals surface area contributed by atoms with Gasteiger partial charge in [0.15, 0.2) is 5.82 Å². The second kappa shape index (κ2) is 8.29. The molecule has 5 aromatic rings. The van der Waals surface area contributed by atoms with Gasteiger partial charge in [-0.05, 0) is 30.7 Å². The van der Waals surface area contributed by atoms with Gasteiger partial charge >= 0.3 is 0 Å². The van der Waals surface area contributed by atoms with E-state index in [-0.39, 0.29) is 5.56 Å². The Balaban J connectivity index is 1.74. The first-order valence-electron chi connectivity index (χ1n) is 10.1. The first-order valence-corrected chi connectivity index (χ1v) is 10.5. The highest BCUT2D eigenvalue weighted by Crippen LogP contribution is 2.27. The van der Waals surface area contributed by atoms with Crippen LogP contribution < -0.4 is 10.9 Å². The fourth-order valence-electron chi connectivity index (χ4n) is 3.70. The van der Waals surface area contributed by atoms with E-state index >= 15 is 0 Å². The van der Waals surface area contributed by atoms with Crippen LogP contribution in [-0.2, 0) is 0 Å². The summed E-state index contributed by atoms with van der Waals surface area (Å²) >= 11 is 6.10. The molecule has 162 valence electrons. The van der Waals surface area contributed by atoms with Crippen molar-refractivity contribution in [3.05, 3.63) is 75.9 Å². The van der Waals surface area contributed by atoms with Gasteiger partial charge in [-0.25, -0.2) is 19.9 Å². The quantitative estimate of drug-likeness (QED) is 0.382. The SMILES string of the molecule is CC[C@H](Nc1ncnc2ccc(Cl)nc12)c1nc2c(C#N)cccc2c(=O)n1-c1cn[nH]c1. The molecule has 0 unspecified atom stereocenters. The van der Waals surface area contributed by atoms with Crippen molar-refractivity contribution in [1.29, 1.82) is 5.26 Å². The van der Waals surface area contributed by atoms with E-state index in [9.17, 15) is 10.1 Å². The monoisotopic (exact) mass is 457 g/mol. The Hall–Kier alpha value is -4.36. The topological polar surface area (TPSA) is 138 Å². The lowest BCUT2D eigenvalue weighted by atomic mass is 10.1. The fourth-order valence-corrected chi connectivity index (χ4v) is 3.85. The number of para-hydroxylation sites is 1. The van der Waals surface area contributed by atoms with Crippen molar-refractivity contribution in [2.45, 2.75) is 19.4 Å². The molecule has 0 saturated carbocycles. The number of fused-ring (bicyclic) bond motifs is 2. The number of halogens is 1. The lowest BCUT2D eigenvalue weighted by molar-refractivity contribution is 0.659. The van der Waals surface area contributed by atoms with Crippen molar-refractivity contribution in [1.82, 2.24) is 34.7 Å². The zero-order valence-electron chi connectivity index (χ0n) is 17.3. The van der Waals surface area contributed by atoms with E-state index in [2.05, 4.69) is 36.5 Å². The highest BCUT2D eigenvalue weighted by molar-refractivity contribution is 6.29. The summed E-state index contributed by atoms with van der Waals surface area (Å²) in [5.41, 5.74) is 2.01. The molecule has 0 aliphatic carbocycles. The number of pyridine rings is 1. The number of benzene rings is 1. The average molecular weight is 458 g/mol. The Morgan fingerprint density at radius 3 is 2.85 bits per heavy atom. The molecule has 0 amide bonds. The van der Waals surface area contributed by atoms with Gasteiger partial charge in [0, 0.05) is 6.20 Å². The lowest BCUT2D eigenvalue weighted by Crippen LogP contribution is -2.28. The molecule has 4 heterocycles. The Morgan fingerprint density at radius 2 is 2.09 bits per heavy atom. The third-order valence-electron chi connectivity index (χ3n) is 5.27. The molecule has 2 N–H and O–H groups in total. The molecule has 1 aromatic carbocycles. The number of hydrogen-bond acceptors (Lipinski definition) is 8. The molecule has 1 atom stereocenters. The molecule has 10 nitrogen and oxygen atoms in total. The number of hydrogen-bond donors (Lipinski definition) is 2. The number of aromatic amines is 1. The molecule has 0 fully saturated rings. The summed E-state index contributed by atoms with van der Waals surface area (Å²) in [6.45, 7) is 1.95. The molecule has 0 radical (unpaired) electrons. The normalized spacial score (nSPS) is 12.0. The summed E-state index contributed by atoms with van der Waals surface area (Å²) in [4.78, 5) is 31.2. The van der Waals surface area contributed by atoms with Crippen LogP contribution in [0.4, 0.5) is 5.82 Å². The van der Waals surface area contributed by atoms with Crippen LogP contribution in [0.1, 0.15) is 30.8 Å². The van der Waals surface area contributed by atoms with Crippen LogP contribution in [0.5, 0.6) is 0 Å². The first-order chi connectivity index (χ1) is 16.1. The van der Waals surface area contributed by atoms with Crippen molar-refractivity contribution in [2.75, 3.05) is 5.32 Å². The number of nitrogens with zero attached hydrogens (tertiary/aromatic N) is 7. The van der Waals surface area contributed by atoms with Crippen LogP contribution in [0.25, 0.3) is 27.6 Å². The Labute approximate surface area is 191 Å². The predicted octanol–water partition coefficient (Wildman–Crippen LogP) is 3.54. The molecular weight excluding hydrogens is 442 g/mol. The largest absolute Gasteiger partial charge is 0.358 e. The second-order valence-corrected chi connectivity index (χ2v) is 7.60. The number of nitriles is 1. The number of rotatable bonds is 5. The smallest absolute Gasteiger partial charge is 0.266 e. The number of nitrogens with one attached hydrogen (secondary N) is 2. The van der Waals surface area contributed by atoms with E-state index < -0.39 is 6.04 Å². The number of anilines is 1. The van der Waals surface area contributed by atoms with Crippen molar-refractivity contribution >= 4 is 39.4 Å². The van der Waals surface area contributed by atoms with E-state index in [0.717, 1.165) is 0 Å². The van der Waals surface area contributed by atoms with E-state index in [0.29, 0.717) is 56.4 Å². The van der Waals surface area contributed by atoms with Crippen LogP contribution in [0.3, 0.4) is 0 Å². The average Bonchev–Trinajstić information content (AvgIpc) is 3.36. The molecular formula is C22H16ClN9O. The Kier molecular flexibility index (Phi) is 5.16. The summed E-state index contributed by atoms with van der Waals surface area (Å²) < 4.78 is 1.48. The molecule has 0 aliphatic heterocycles. The van der Waals surface area contributed by atoms with E-state index in [1.54, 1.807) is 42.7 Å². The predicted molar refractivity (Wildman–Crippen MR) is 123 cm³/mol. The summed E-state index contributed by atoms with van der Waals surface area (Å²) in [6, 6.07) is 10.0. The van der Waals surface area contributed by atoms with Crippen molar-refractivity contribution in [3.8, 4) is 11.8 Å². The fraction of sp³-hybridized carbons (Fsp3) is 0.136.